The SMILES string of the molecule is CCCN1CCN(c2ccc(C(N)=O)c([C@@H](C(=O)N3CC[C@H]4OCC(=O)[C@H]43)C3CCCC3)c2)CC1. The number of ether oxygens (including phenoxy) is 1. The summed E-state index contributed by atoms with van der Waals surface area (Å²) >= 11 is 0. The van der Waals surface area contributed by atoms with Crippen LogP contribution in [0.15, 0.2) is 18.2 Å². The second-order valence-corrected chi connectivity index (χ2v) is 10.6. The number of anilines is 1. The van der Waals surface area contributed by atoms with E-state index in [1.54, 1.807) is 11.0 Å². The maximum atomic E-state index is 14.1. The molecule has 1 aromatic rings. The van der Waals surface area contributed by atoms with Crippen molar-refractivity contribution in [2.75, 3.05) is 50.8 Å². The van der Waals surface area contributed by atoms with Gasteiger partial charge in [0, 0.05) is 44.0 Å². The highest BCUT2D eigenvalue weighted by Crippen LogP contribution is 2.42. The minimum atomic E-state index is -0.505. The summed E-state index contributed by atoms with van der Waals surface area (Å²) in [6.45, 7) is 7.76. The van der Waals surface area contributed by atoms with Crippen LogP contribution in [-0.4, -0.2) is 85.4 Å². The third-order valence-corrected chi connectivity index (χ3v) is 8.45. The van der Waals surface area contributed by atoms with Gasteiger partial charge in [-0.05, 0) is 61.9 Å². The molecule has 1 aromatic carbocycles. The van der Waals surface area contributed by atoms with Gasteiger partial charge in [0.25, 0.3) is 0 Å². The molecule has 0 aromatic heterocycles. The maximum Gasteiger partial charge on any atom is 0.249 e. The van der Waals surface area contributed by atoms with Gasteiger partial charge in [-0.15, -0.1) is 0 Å². The number of nitrogens with zero attached hydrogens (tertiary/aromatic N) is 3. The molecule has 1 saturated carbocycles. The molecule has 2 N–H and O–H groups in total. The molecule has 3 saturated heterocycles. The van der Waals surface area contributed by atoms with Gasteiger partial charge in [-0.1, -0.05) is 19.8 Å². The van der Waals surface area contributed by atoms with E-state index in [4.69, 9.17) is 10.5 Å². The predicted molar refractivity (Wildman–Crippen MR) is 133 cm³/mol. The van der Waals surface area contributed by atoms with Crippen molar-refractivity contribution in [2.24, 2.45) is 11.7 Å². The molecule has 8 heteroatoms. The fourth-order valence-electron chi connectivity index (χ4n) is 6.67. The Bertz CT molecular complexity index is 968. The number of carbonyl (C=O) groups is 3. The number of likely N-dealkylation sites (tertiary alicyclic amines) is 1. The number of hydrogen-bond acceptors (Lipinski definition) is 6. The van der Waals surface area contributed by atoms with Gasteiger partial charge in [0.15, 0.2) is 5.78 Å². The molecular weight excluding hydrogens is 444 g/mol. The quantitative estimate of drug-likeness (QED) is 0.640. The van der Waals surface area contributed by atoms with E-state index < -0.39 is 17.9 Å². The van der Waals surface area contributed by atoms with Crippen molar-refractivity contribution in [2.45, 2.75) is 63.5 Å². The summed E-state index contributed by atoms with van der Waals surface area (Å²) in [6, 6.07) is 5.32. The Kier molecular flexibility index (Phi) is 7.12. The number of primary amides is 1. The first-order valence-electron chi connectivity index (χ1n) is 13.3. The lowest BCUT2D eigenvalue weighted by Crippen LogP contribution is -2.47. The molecular formula is C27H38N4O4. The van der Waals surface area contributed by atoms with Crippen molar-refractivity contribution in [1.82, 2.24) is 9.80 Å². The van der Waals surface area contributed by atoms with E-state index in [0.29, 0.717) is 18.5 Å². The van der Waals surface area contributed by atoms with Crippen LogP contribution in [-0.2, 0) is 14.3 Å². The average Bonchev–Trinajstić information content (AvgIpc) is 3.60. The van der Waals surface area contributed by atoms with Crippen LogP contribution in [0, 0.1) is 5.92 Å². The first kappa shape index (κ1) is 24.3. The summed E-state index contributed by atoms with van der Waals surface area (Å²) in [5, 5.41) is 0. The van der Waals surface area contributed by atoms with E-state index in [2.05, 4.69) is 16.7 Å². The largest absolute Gasteiger partial charge is 0.369 e. The average molecular weight is 483 g/mol. The molecule has 0 unspecified atom stereocenters. The van der Waals surface area contributed by atoms with Crippen molar-refractivity contribution in [3.8, 4) is 0 Å². The summed E-state index contributed by atoms with van der Waals surface area (Å²) in [6.07, 6.45) is 5.68. The summed E-state index contributed by atoms with van der Waals surface area (Å²) in [5.41, 5.74) is 8.03. The highest BCUT2D eigenvalue weighted by molar-refractivity contribution is 5.99. The van der Waals surface area contributed by atoms with E-state index in [9.17, 15) is 14.4 Å². The number of benzene rings is 1. The van der Waals surface area contributed by atoms with Gasteiger partial charge < -0.3 is 20.3 Å². The van der Waals surface area contributed by atoms with Gasteiger partial charge in [-0.2, -0.15) is 0 Å². The molecule has 2 amide bonds. The lowest BCUT2D eigenvalue weighted by molar-refractivity contribution is -0.138. The van der Waals surface area contributed by atoms with Crippen LogP contribution in [0.3, 0.4) is 0 Å². The van der Waals surface area contributed by atoms with Crippen molar-refractivity contribution in [3.63, 3.8) is 0 Å². The molecule has 4 aliphatic rings. The van der Waals surface area contributed by atoms with Gasteiger partial charge in [0.1, 0.15) is 12.6 Å². The molecule has 190 valence electrons. The van der Waals surface area contributed by atoms with Crippen LogP contribution in [0.5, 0.6) is 0 Å². The third kappa shape index (κ3) is 4.70. The maximum absolute atomic E-state index is 14.1. The molecule has 8 nitrogen and oxygen atoms in total. The number of rotatable bonds is 7. The van der Waals surface area contributed by atoms with Crippen molar-refractivity contribution < 1.29 is 19.1 Å². The van der Waals surface area contributed by atoms with E-state index in [-0.39, 0.29) is 30.3 Å². The zero-order valence-electron chi connectivity index (χ0n) is 20.8. The molecule has 0 spiro atoms. The Hall–Kier alpha value is -2.45. The van der Waals surface area contributed by atoms with Gasteiger partial charge in [-0.25, -0.2) is 0 Å². The zero-order chi connectivity index (χ0) is 24.5. The summed E-state index contributed by atoms with van der Waals surface area (Å²) in [7, 11) is 0. The first-order valence-corrected chi connectivity index (χ1v) is 13.3. The lowest BCUT2D eigenvalue weighted by atomic mass is 9.80. The first-order chi connectivity index (χ1) is 17.0. The van der Waals surface area contributed by atoms with Gasteiger partial charge in [-0.3, -0.25) is 19.3 Å². The van der Waals surface area contributed by atoms with E-state index >= 15 is 0 Å². The van der Waals surface area contributed by atoms with Gasteiger partial charge >= 0.3 is 0 Å². The fraction of sp³-hybridized carbons (Fsp3) is 0.667. The summed E-state index contributed by atoms with van der Waals surface area (Å²) in [4.78, 5) is 45.8. The van der Waals surface area contributed by atoms with Crippen LogP contribution < -0.4 is 10.6 Å². The number of hydrogen-bond donors (Lipinski definition) is 1. The second kappa shape index (κ2) is 10.3. The molecule has 0 radical (unpaired) electrons. The monoisotopic (exact) mass is 482 g/mol. The molecule has 0 bridgehead atoms. The third-order valence-electron chi connectivity index (χ3n) is 8.45. The van der Waals surface area contributed by atoms with Crippen LogP contribution in [0.2, 0.25) is 0 Å². The zero-order valence-corrected chi connectivity index (χ0v) is 20.8. The van der Waals surface area contributed by atoms with Gasteiger partial charge in [0.05, 0.1) is 12.0 Å². The van der Waals surface area contributed by atoms with Crippen LogP contribution in [0.1, 0.15) is 67.3 Å². The molecule has 4 fully saturated rings. The summed E-state index contributed by atoms with van der Waals surface area (Å²) in [5.74, 6) is -0.882. The normalized spacial score (nSPS) is 26.4. The number of ketones is 1. The molecule has 3 aliphatic heterocycles. The predicted octanol–water partition coefficient (Wildman–Crippen LogP) is 2.16. The van der Waals surface area contributed by atoms with E-state index in [0.717, 1.165) is 76.1 Å². The Morgan fingerprint density at radius 3 is 2.51 bits per heavy atom. The topological polar surface area (TPSA) is 96.2 Å². The van der Waals surface area contributed by atoms with Crippen LogP contribution in [0.4, 0.5) is 5.69 Å². The lowest BCUT2D eigenvalue weighted by Gasteiger charge is -2.37. The highest BCUT2D eigenvalue weighted by Gasteiger charge is 2.49. The Labute approximate surface area is 207 Å². The van der Waals surface area contributed by atoms with Gasteiger partial charge in [0.2, 0.25) is 11.8 Å². The highest BCUT2D eigenvalue weighted by atomic mass is 16.5. The minimum absolute atomic E-state index is 0.0140. The molecule has 35 heavy (non-hydrogen) atoms. The number of carbonyl (C=O) groups excluding carboxylic acids is 3. The van der Waals surface area contributed by atoms with Crippen molar-refractivity contribution in [1.29, 1.82) is 0 Å². The second-order valence-electron chi connectivity index (χ2n) is 10.6. The fourth-order valence-corrected chi connectivity index (χ4v) is 6.67. The van der Waals surface area contributed by atoms with E-state index in [1.165, 1.54) is 0 Å². The Balaban J connectivity index is 1.48. The number of fused-ring (bicyclic) bond motifs is 1. The smallest absolute Gasteiger partial charge is 0.249 e. The minimum Gasteiger partial charge on any atom is -0.369 e. The number of amides is 2. The Morgan fingerprint density at radius 1 is 1.09 bits per heavy atom. The molecule has 5 rings (SSSR count). The van der Waals surface area contributed by atoms with Crippen LogP contribution in [0.25, 0.3) is 0 Å². The van der Waals surface area contributed by atoms with E-state index in [1.807, 2.05) is 12.1 Å². The standard InChI is InChI=1S/C27H38N4O4/c1-2-10-29-12-14-30(15-13-29)19-7-8-20(26(28)33)21(16-19)24(18-5-3-4-6-18)27(34)31-11-9-23-25(31)22(32)17-35-23/h7-8,16,18,23-25H,2-6,9-15,17H2,1H3,(H2,28,33)/t23-,24+,25-/m1/s1. The number of piperazine rings is 1. The van der Waals surface area contributed by atoms with Crippen molar-refractivity contribution in [3.05, 3.63) is 29.3 Å². The molecule has 3 heterocycles. The van der Waals surface area contributed by atoms with Crippen LogP contribution >= 0.6 is 0 Å². The van der Waals surface area contributed by atoms with Crippen molar-refractivity contribution >= 4 is 23.3 Å². The molecule has 3 atom stereocenters. The number of nitrogens with two attached hydrogens (primary N) is 1. The number of Topliss-reactive ketones (excluding diaryl/α,β-unsaturated/α-hetero) is 1. The molecule has 1 aliphatic carbocycles. The summed E-state index contributed by atoms with van der Waals surface area (Å²) < 4.78 is 5.64. The Morgan fingerprint density at radius 2 is 1.83 bits per heavy atom.